The highest BCUT2D eigenvalue weighted by atomic mass is 19.4. The van der Waals surface area contributed by atoms with Gasteiger partial charge in [0.15, 0.2) is 0 Å². The number of hydrogen-bond donors (Lipinski definition) is 4. The number of amides is 2. The maximum Gasteiger partial charge on any atom is 0.490 e. The van der Waals surface area contributed by atoms with E-state index in [-0.39, 0.29) is 18.5 Å². The van der Waals surface area contributed by atoms with Crippen molar-refractivity contribution in [2.75, 3.05) is 0 Å². The SMILES string of the molecule is NC(=O)c1cccc(CNC(=O)C(N)Cc2ccc(C3(C(F)(F)F)N=N3)cc2)c1.O=C(O)C(F)(F)F. The molecule has 0 fully saturated rings. The summed E-state index contributed by atoms with van der Waals surface area (Å²) >= 11 is 0. The second-order valence-corrected chi connectivity index (χ2v) is 7.46. The smallest absolute Gasteiger partial charge is 0.475 e. The van der Waals surface area contributed by atoms with Gasteiger partial charge in [-0.15, -0.1) is 10.2 Å². The van der Waals surface area contributed by atoms with Crippen LogP contribution in [0.2, 0.25) is 0 Å². The van der Waals surface area contributed by atoms with Crippen molar-refractivity contribution in [3.8, 4) is 0 Å². The average molecular weight is 519 g/mol. The number of alkyl halides is 6. The summed E-state index contributed by atoms with van der Waals surface area (Å²) in [6, 6.07) is 11.1. The molecule has 194 valence electrons. The van der Waals surface area contributed by atoms with Gasteiger partial charge in [0.2, 0.25) is 11.8 Å². The van der Waals surface area contributed by atoms with Crippen LogP contribution in [0, 0.1) is 0 Å². The number of rotatable bonds is 7. The van der Waals surface area contributed by atoms with E-state index in [1.165, 1.54) is 24.3 Å². The average Bonchev–Trinajstić information content (AvgIpc) is 3.60. The molecule has 0 saturated carbocycles. The van der Waals surface area contributed by atoms with Gasteiger partial charge in [0.1, 0.15) is 0 Å². The van der Waals surface area contributed by atoms with Crippen LogP contribution in [0.25, 0.3) is 0 Å². The molecule has 0 bridgehead atoms. The number of primary amides is 1. The van der Waals surface area contributed by atoms with Crippen molar-refractivity contribution < 1.29 is 45.8 Å². The van der Waals surface area contributed by atoms with E-state index in [4.69, 9.17) is 21.4 Å². The van der Waals surface area contributed by atoms with Gasteiger partial charge in [-0.1, -0.05) is 36.4 Å². The van der Waals surface area contributed by atoms with Gasteiger partial charge in [-0.05, 0) is 29.7 Å². The molecule has 2 aromatic carbocycles. The van der Waals surface area contributed by atoms with Crippen molar-refractivity contribution in [1.29, 1.82) is 0 Å². The minimum absolute atomic E-state index is 0.0823. The second-order valence-electron chi connectivity index (χ2n) is 7.46. The third-order valence-corrected chi connectivity index (χ3v) is 4.76. The number of hydrogen-bond acceptors (Lipinski definition) is 6. The van der Waals surface area contributed by atoms with Gasteiger partial charge < -0.3 is 21.9 Å². The molecule has 1 aliphatic rings. The van der Waals surface area contributed by atoms with Crippen LogP contribution in [0.1, 0.15) is 27.0 Å². The molecule has 6 N–H and O–H groups in total. The minimum atomic E-state index is -5.08. The molecule has 15 heteroatoms. The van der Waals surface area contributed by atoms with E-state index in [0.29, 0.717) is 16.7 Å². The summed E-state index contributed by atoms with van der Waals surface area (Å²) in [6.45, 7) is 0.156. The summed E-state index contributed by atoms with van der Waals surface area (Å²) in [5, 5.41) is 16.1. The Hall–Kier alpha value is -4.01. The predicted molar refractivity (Wildman–Crippen MR) is 111 cm³/mol. The van der Waals surface area contributed by atoms with Crippen molar-refractivity contribution in [2.45, 2.75) is 37.0 Å². The van der Waals surface area contributed by atoms with Crippen LogP contribution in [0.3, 0.4) is 0 Å². The summed E-state index contributed by atoms with van der Waals surface area (Å²) in [5.41, 5.74) is 10.2. The van der Waals surface area contributed by atoms with Crippen LogP contribution in [0.15, 0.2) is 58.8 Å². The maximum absolute atomic E-state index is 13.0. The fraction of sp³-hybridized carbons (Fsp3) is 0.286. The number of nitrogens with one attached hydrogen (secondary N) is 1. The molecular weight excluding hydrogens is 500 g/mol. The molecule has 1 aliphatic heterocycles. The first kappa shape index (κ1) is 28.2. The monoisotopic (exact) mass is 519 g/mol. The second kappa shape index (κ2) is 10.7. The molecule has 1 heterocycles. The Labute approximate surface area is 199 Å². The number of carbonyl (C=O) groups is 3. The molecule has 9 nitrogen and oxygen atoms in total. The number of benzene rings is 2. The van der Waals surface area contributed by atoms with Crippen molar-refractivity contribution in [3.05, 3.63) is 70.8 Å². The summed E-state index contributed by atoms with van der Waals surface area (Å²) in [7, 11) is 0. The van der Waals surface area contributed by atoms with E-state index in [1.807, 2.05) is 0 Å². The zero-order valence-electron chi connectivity index (χ0n) is 18.1. The van der Waals surface area contributed by atoms with Gasteiger partial charge in [-0.3, -0.25) is 9.59 Å². The number of carboxylic acid groups (broad SMARTS) is 1. The third kappa shape index (κ3) is 7.24. The largest absolute Gasteiger partial charge is 0.490 e. The first-order chi connectivity index (χ1) is 16.6. The van der Waals surface area contributed by atoms with Gasteiger partial charge in [0.05, 0.1) is 6.04 Å². The van der Waals surface area contributed by atoms with Crippen molar-refractivity contribution >= 4 is 17.8 Å². The number of nitrogens with two attached hydrogens (primary N) is 2. The summed E-state index contributed by atoms with van der Waals surface area (Å²) in [5.74, 6) is -3.76. The van der Waals surface area contributed by atoms with Crippen molar-refractivity contribution in [1.82, 2.24) is 5.32 Å². The molecule has 2 aromatic rings. The standard InChI is InChI=1S/C19H18F3N5O2.C2HF3O2/c20-19(21,22)18(26-27-18)14-6-4-11(5-7-14)9-15(23)17(29)25-10-12-2-1-3-13(8-12)16(24)28;3-2(4,5)1(6)7/h1-8,15H,9-10,23H2,(H2,24,28)(H,25,29);(H,6,7). The first-order valence-electron chi connectivity index (χ1n) is 9.89. The molecule has 36 heavy (non-hydrogen) atoms. The zero-order valence-corrected chi connectivity index (χ0v) is 18.1. The van der Waals surface area contributed by atoms with Gasteiger partial charge in [0, 0.05) is 17.7 Å². The van der Waals surface area contributed by atoms with Gasteiger partial charge in [-0.2, -0.15) is 26.3 Å². The van der Waals surface area contributed by atoms with E-state index in [2.05, 4.69) is 15.5 Å². The summed E-state index contributed by atoms with van der Waals surface area (Å²) < 4.78 is 70.8. The molecule has 0 aliphatic carbocycles. The number of halogens is 6. The third-order valence-electron chi connectivity index (χ3n) is 4.76. The highest BCUT2D eigenvalue weighted by molar-refractivity contribution is 5.92. The molecule has 0 spiro atoms. The number of nitrogens with zero attached hydrogens (tertiary/aromatic N) is 2. The lowest BCUT2D eigenvalue weighted by Gasteiger charge is -2.16. The lowest BCUT2D eigenvalue weighted by atomic mass is 9.98. The molecule has 1 unspecified atom stereocenters. The van der Waals surface area contributed by atoms with E-state index >= 15 is 0 Å². The van der Waals surface area contributed by atoms with Crippen LogP contribution in [-0.4, -0.2) is 41.3 Å². The van der Waals surface area contributed by atoms with Crippen LogP contribution in [-0.2, 0) is 28.2 Å². The molecule has 2 amide bonds. The highest BCUT2D eigenvalue weighted by Gasteiger charge is 2.65. The topological polar surface area (TPSA) is 160 Å². The lowest BCUT2D eigenvalue weighted by Crippen LogP contribution is -2.41. The normalized spacial score (nSPS) is 14.8. The molecule has 3 rings (SSSR count). The minimum Gasteiger partial charge on any atom is -0.475 e. The Bertz CT molecular complexity index is 1140. The Balaban J connectivity index is 0.000000572. The molecule has 0 saturated heterocycles. The molecule has 1 atom stereocenters. The maximum atomic E-state index is 13.0. The fourth-order valence-corrected chi connectivity index (χ4v) is 2.82. The Morgan fingerprint density at radius 2 is 1.53 bits per heavy atom. The number of carboxylic acids is 1. The quantitative estimate of drug-likeness (QED) is 0.413. The summed E-state index contributed by atoms with van der Waals surface area (Å²) in [6.07, 6.45) is -9.53. The van der Waals surface area contributed by atoms with Gasteiger partial charge >= 0.3 is 24.0 Å². The predicted octanol–water partition coefficient (Wildman–Crippen LogP) is 2.79. The molecular formula is C21H19F6N5O4. The zero-order chi connectivity index (χ0) is 27.3. The van der Waals surface area contributed by atoms with Crippen molar-refractivity contribution in [2.24, 2.45) is 21.7 Å². The Kier molecular flexibility index (Phi) is 8.41. The van der Waals surface area contributed by atoms with Crippen LogP contribution in [0.4, 0.5) is 26.3 Å². The van der Waals surface area contributed by atoms with Crippen LogP contribution >= 0.6 is 0 Å². The number of carbonyl (C=O) groups excluding carboxylic acids is 2. The molecule has 0 radical (unpaired) electrons. The van der Waals surface area contributed by atoms with E-state index < -0.39 is 41.8 Å². The Morgan fingerprint density at radius 3 is 1.97 bits per heavy atom. The van der Waals surface area contributed by atoms with Crippen LogP contribution < -0.4 is 16.8 Å². The first-order valence-corrected chi connectivity index (χ1v) is 9.89. The van der Waals surface area contributed by atoms with Crippen LogP contribution in [0.5, 0.6) is 0 Å². The highest BCUT2D eigenvalue weighted by Crippen LogP contribution is 2.52. The van der Waals surface area contributed by atoms with Gasteiger partial charge in [0.25, 0.3) is 0 Å². The molecule has 0 aromatic heterocycles. The Morgan fingerprint density at radius 1 is 0.972 bits per heavy atom. The van der Waals surface area contributed by atoms with Crippen molar-refractivity contribution in [3.63, 3.8) is 0 Å². The lowest BCUT2D eigenvalue weighted by molar-refractivity contribution is -0.192. The fourth-order valence-electron chi connectivity index (χ4n) is 2.82. The summed E-state index contributed by atoms with van der Waals surface area (Å²) in [4.78, 5) is 32.3. The van der Waals surface area contributed by atoms with E-state index in [9.17, 15) is 35.9 Å². The van der Waals surface area contributed by atoms with E-state index in [0.717, 1.165) is 0 Å². The number of aliphatic carboxylic acids is 1. The van der Waals surface area contributed by atoms with Gasteiger partial charge in [-0.25, -0.2) is 4.79 Å². The van der Waals surface area contributed by atoms with E-state index in [1.54, 1.807) is 24.3 Å².